The fourth-order valence-corrected chi connectivity index (χ4v) is 2.41. The monoisotopic (exact) mass is 204 g/mol. The molecule has 0 saturated carbocycles. The van der Waals surface area contributed by atoms with Crippen molar-refractivity contribution < 1.29 is 0 Å². The van der Waals surface area contributed by atoms with Crippen molar-refractivity contribution in [1.29, 1.82) is 0 Å². The van der Waals surface area contributed by atoms with Crippen LogP contribution in [0, 0.1) is 5.92 Å². The maximum Gasteiger partial charge on any atom is 0.00218 e. The third-order valence-electron chi connectivity index (χ3n) is 3.11. The van der Waals surface area contributed by atoms with E-state index in [9.17, 15) is 0 Å². The van der Waals surface area contributed by atoms with Crippen LogP contribution in [-0.2, 0) is 0 Å². The van der Waals surface area contributed by atoms with Crippen LogP contribution < -0.4 is 5.32 Å². The average molecular weight is 205 g/mol. The highest BCUT2D eigenvalue weighted by Crippen LogP contribution is 2.15. The van der Waals surface area contributed by atoms with Gasteiger partial charge in [0.15, 0.2) is 0 Å². The summed E-state index contributed by atoms with van der Waals surface area (Å²) in [6.07, 6.45) is 5.70. The summed E-state index contributed by atoms with van der Waals surface area (Å²) in [7, 11) is 0. The molecule has 2 rings (SSSR count). The van der Waals surface area contributed by atoms with Gasteiger partial charge in [0, 0.05) is 6.54 Å². The van der Waals surface area contributed by atoms with Crippen molar-refractivity contribution in [3.8, 4) is 0 Å². The Bertz CT molecular complexity index is 129. The number of hydrogen-bond donors (Lipinski definition) is 1. The third kappa shape index (κ3) is 3.45. The molecule has 0 aromatic carbocycles. The number of rotatable bonds is 2. The fraction of sp³-hybridized carbons (Fsp3) is 1.00. The quantitative estimate of drug-likeness (QED) is 0.734. The molecule has 2 heterocycles. The molecule has 0 aliphatic carbocycles. The molecular formula is C10H21ClN2. The van der Waals surface area contributed by atoms with Gasteiger partial charge in [0.1, 0.15) is 0 Å². The van der Waals surface area contributed by atoms with E-state index in [1.54, 1.807) is 0 Å². The molecular weight excluding hydrogens is 184 g/mol. The molecule has 1 N–H and O–H groups in total. The SMILES string of the molecule is C1CNCC(CN2CCCC2)C1.Cl. The van der Waals surface area contributed by atoms with Gasteiger partial charge >= 0.3 is 0 Å². The number of nitrogens with one attached hydrogen (secondary N) is 1. The number of halogens is 1. The Kier molecular flexibility index (Phi) is 5.07. The van der Waals surface area contributed by atoms with Gasteiger partial charge < -0.3 is 10.2 Å². The molecule has 3 heteroatoms. The van der Waals surface area contributed by atoms with Gasteiger partial charge in [0.25, 0.3) is 0 Å². The molecule has 2 nitrogen and oxygen atoms in total. The highest BCUT2D eigenvalue weighted by molar-refractivity contribution is 5.85. The van der Waals surface area contributed by atoms with Gasteiger partial charge in [-0.1, -0.05) is 0 Å². The lowest BCUT2D eigenvalue weighted by Gasteiger charge is -2.27. The zero-order valence-corrected chi connectivity index (χ0v) is 9.11. The summed E-state index contributed by atoms with van der Waals surface area (Å²) in [4.78, 5) is 2.64. The van der Waals surface area contributed by atoms with E-state index >= 15 is 0 Å². The first-order valence-corrected chi connectivity index (χ1v) is 5.38. The van der Waals surface area contributed by atoms with E-state index in [4.69, 9.17) is 0 Å². The smallest absolute Gasteiger partial charge is 0.00218 e. The predicted octanol–water partition coefficient (Wildman–Crippen LogP) is 1.50. The number of piperidine rings is 1. The largest absolute Gasteiger partial charge is 0.316 e. The fourth-order valence-electron chi connectivity index (χ4n) is 2.41. The second-order valence-electron chi connectivity index (χ2n) is 4.22. The molecule has 1 atom stereocenters. The molecule has 2 aliphatic rings. The minimum absolute atomic E-state index is 0. The molecule has 2 fully saturated rings. The molecule has 1 unspecified atom stereocenters. The average Bonchev–Trinajstić information content (AvgIpc) is 2.59. The molecule has 2 saturated heterocycles. The van der Waals surface area contributed by atoms with Gasteiger partial charge in [-0.15, -0.1) is 12.4 Å². The van der Waals surface area contributed by atoms with E-state index < -0.39 is 0 Å². The Morgan fingerprint density at radius 3 is 2.54 bits per heavy atom. The lowest BCUT2D eigenvalue weighted by atomic mass is 9.99. The Morgan fingerprint density at radius 1 is 1.15 bits per heavy atom. The van der Waals surface area contributed by atoms with Crippen LogP contribution in [0.5, 0.6) is 0 Å². The Labute approximate surface area is 87.5 Å². The summed E-state index contributed by atoms with van der Waals surface area (Å²) in [6.45, 7) is 6.58. The van der Waals surface area contributed by atoms with Crippen LogP contribution in [0.25, 0.3) is 0 Å². The first-order chi connectivity index (χ1) is 5.95. The minimum Gasteiger partial charge on any atom is -0.316 e. The van der Waals surface area contributed by atoms with Gasteiger partial charge in [-0.3, -0.25) is 0 Å². The van der Waals surface area contributed by atoms with Gasteiger partial charge in [0.05, 0.1) is 0 Å². The van der Waals surface area contributed by atoms with Crippen molar-refractivity contribution in [1.82, 2.24) is 10.2 Å². The molecule has 0 amide bonds. The van der Waals surface area contributed by atoms with Crippen LogP contribution in [0.15, 0.2) is 0 Å². The highest BCUT2D eigenvalue weighted by atomic mass is 35.5. The van der Waals surface area contributed by atoms with Crippen molar-refractivity contribution >= 4 is 12.4 Å². The Morgan fingerprint density at radius 2 is 1.92 bits per heavy atom. The maximum atomic E-state index is 3.48. The van der Waals surface area contributed by atoms with E-state index in [1.807, 2.05) is 0 Å². The molecule has 0 aromatic rings. The third-order valence-corrected chi connectivity index (χ3v) is 3.11. The number of likely N-dealkylation sites (tertiary alicyclic amines) is 1. The number of nitrogens with zero attached hydrogens (tertiary/aromatic N) is 1. The van der Waals surface area contributed by atoms with Crippen molar-refractivity contribution in [2.24, 2.45) is 5.92 Å². The maximum absolute atomic E-state index is 3.48. The molecule has 2 aliphatic heterocycles. The van der Waals surface area contributed by atoms with Gasteiger partial charge in [0.2, 0.25) is 0 Å². The van der Waals surface area contributed by atoms with Crippen LogP contribution in [0.4, 0.5) is 0 Å². The van der Waals surface area contributed by atoms with E-state index in [-0.39, 0.29) is 12.4 Å². The van der Waals surface area contributed by atoms with Gasteiger partial charge in [-0.05, 0) is 57.8 Å². The summed E-state index contributed by atoms with van der Waals surface area (Å²) in [5.41, 5.74) is 0. The molecule has 78 valence electrons. The van der Waals surface area contributed by atoms with Crippen molar-refractivity contribution in [3.63, 3.8) is 0 Å². The normalized spacial score (nSPS) is 30.0. The Hall–Kier alpha value is 0.210. The second-order valence-corrected chi connectivity index (χ2v) is 4.22. The molecule has 0 aromatic heterocycles. The molecule has 0 spiro atoms. The second kappa shape index (κ2) is 5.84. The van der Waals surface area contributed by atoms with Crippen LogP contribution in [-0.4, -0.2) is 37.6 Å². The number of hydrogen-bond acceptors (Lipinski definition) is 2. The molecule has 0 bridgehead atoms. The van der Waals surface area contributed by atoms with Crippen LogP contribution in [0.2, 0.25) is 0 Å². The summed E-state index contributed by atoms with van der Waals surface area (Å²) >= 11 is 0. The summed E-state index contributed by atoms with van der Waals surface area (Å²) in [5, 5.41) is 3.48. The molecule has 13 heavy (non-hydrogen) atoms. The first kappa shape index (κ1) is 11.3. The highest BCUT2D eigenvalue weighted by Gasteiger charge is 2.18. The van der Waals surface area contributed by atoms with Crippen molar-refractivity contribution in [2.75, 3.05) is 32.7 Å². The zero-order chi connectivity index (χ0) is 8.23. The minimum atomic E-state index is 0. The van der Waals surface area contributed by atoms with Gasteiger partial charge in [-0.2, -0.15) is 0 Å². The van der Waals surface area contributed by atoms with Crippen LogP contribution in [0.1, 0.15) is 25.7 Å². The molecule has 0 radical (unpaired) electrons. The van der Waals surface area contributed by atoms with Gasteiger partial charge in [-0.25, -0.2) is 0 Å². The van der Waals surface area contributed by atoms with Crippen LogP contribution >= 0.6 is 12.4 Å². The van der Waals surface area contributed by atoms with Crippen LogP contribution in [0.3, 0.4) is 0 Å². The van der Waals surface area contributed by atoms with Crippen molar-refractivity contribution in [3.05, 3.63) is 0 Å². The van der Waals surface area contributed by atoms with E-state index in [2.05, 4.69) is 10.2 Å². The topological polar surface area (TPSA) is 15.3 Å². The summed E-state index contributed by atoms with van der Waals surface area (Å²) in [5.74, 6) is 0.942. The lowest BCUT2D eigenvalue weighted by molar-refractivity contribution is 0.244. The summed E-state index contributed by atoms with van der Waals surface area (Å²) in [6, 6.07) is 0. The Balaban J connectivity index is 0.000000845. The van der Waals surface area contributed by atoms with Crippen molar-refractivity contribution in [2.45, 2.75) is 25.7 Å². The standard InChI is InChI=1S/C10H20N2.ClH/c1-2-7-12(6-1)9-10-4-3-5-11-8-10;/h10-11H,1-9H2;1H. The zero-order valence-electron chi connectivity index (χ0n) is 8.30. The van der Waals surface area contributed by atoms with E-state index in [1.165, 1.54) is 58.4 Å². The first-order valence-electron chi connectivity index (χ1n) is 5.38. The predicted molar refractivity (Wildman–Crippen MR) is 58.5 cm³/mol. The van der Waals surface area contributed by atoms with E-state index in [0.717, 1.165) is 5.92 Å². The van der Waals surface area contributed by atoms with E-state index in [0.29, 0.717) is 0 Å². The lowest BCUT2D eigenvalue weighted by Crippen LogP contribution is -2.37. The summed E-state index contributed by atoms with van der Waals surface area (Å²) < 4.78 is 0.